The molecule has 18 heavy (non-hydrogen) atoms. The Balaban J connectivity index is 2.14. The van der Waals surface area contributed by atoms with Crippen LogP contribution in [0.2, 0.25) is 0 Å². The van der Waals surface area contributed by atoms with Crippen molar-refractivity contribution >= 4 is 34.7 Å². The maximum atomic E-state index is 6.12. The number of aromatic nitrogens is 1. The number of hydrogen-bond donors (Lipinski definition) is 0. The van der Waals surface area contributed by atoms with E-state index in [1.807, 2.05) is 18.2 Å². The minimum Gasteiger partial charge on any atom is -0.469 e. The first-order valence-corrected chi connectivity index (χ1v) is 6.03. The summed E-state index contributed by atoms with van der Waals surface area (Å²) in [5.41, 5.74) is 0.688. The second-order valence-electron chi connectivity index (χ2n) is 3.39. The van der Waals surface area contributed by atoms with E-state index in [-0.39, 0.29) is 0 Å². The van der Waals surface area contributed by atoms with Gasteiger partial charge in [-0.25, -0.2) is 0 Å². The van der Waals surface area contributed by atoms with Gasteiger partial charge in [0.1, 0.15) is 5.75 Å². The molecule has 0 aliphatic rings. The van der Waals surface area contributed by atoms with E-state index in [9.17, 15) is 0 Å². The van der Waals surface area contributed by atoms with Crippen molar-refractivity contribution < 1.29 is 4.74 Å². The molecule has 1 unspecified atom stereocenters. The molecule has 0 amide bonds. The number of alkyl halides is 1. The van der Waals surface area contributed by atoms with E-state index in [2.05, 4.69) is 27.4 Å². The number of aliphatic imine (C=N–C) groups is 1. The van der Waals surface area contributed by atoms with Crippen molar-refractivity contribution in [2.75, 3.05) is 0 Å². The van der Waals surface area contributed by atoms with Gasteiger partial charge < -0.3 is 4.74 Å². The summed E-state index contributed by atoms with van der Waals surface area (Å²) in [4.78, 5) is 8.00. The van der Waals surface area contributed by atoms with Gasteiger partial charge >= 0.3 is 0 Å². The van der Waals surface area contributed by atoms with Crippen LogP contribution < -0.4 is 4.74 Å². The SMILES string of the molecule is S=C=Nc1cccc(OC(Cl)c2ccccn2)c1. The molecule has 0 saturated heterocycles. The number of hydrogen-bond acceptors (Lipinski definition) is 4. The normalized spacial score (nSPS) is 11.4. The summed E-state index contributed by atoms with van der Waals surface area (Å²) >= 11 is 10.7. The van der Waals surface area contributed by atoms with E-state index < -0.39 is 5.56 Å². The summed E-state index contributed by atoms with van der Waals surface area (Å²) < 4.78 is 5.57. The Kier molecular flexibility index (Phi) is 4.42. The Labute approximate surface area is 115 Å². The Morgan fingerprint density at radius 3 is 2.89 bits per heavy atom. The summed E-state index contributed by atoms with van der Waals surface area (Å²) in [6.45, 7) is 0. The molecule has 1 atom stereocenters. The predicted octanol–water partition coefficient (Wildman–Crippen LogP) is 4.13. The van der Waals surface area contributed by atoms with Gasteiger partial charge in [-0.15, -0.1) is 0 Å². The molecule has 0 N–H and O–H groups in total. The molecule has 0 aliphatic carbocycles. The summed E-state index contributed by atoms with van der Waals surface area (Å²) in [6.07, 6.45) is 1.67. The average Bonchev–Trinajstić information content (AvgIpc) is 2.40. The highest BCUT2D eigenvalue weighted by atomic mass is 35.5. The van der Waals surface area contributed by atoms with Gasteiger partial charge in [-0.2, -0.15) is 4.99 Å². The minimum atomic E-state index is -0.641. The first kappa shape index (κ1) is 12.7. The van der Waals surface area contributed by atoms with Crippen LogP contribution >= 0.6 is 23.8 Å². The molecule has 5 heteroatoms. The molecule has 0 radical (unpaired) electrons. The average molecular weight is 277 g/mol. The molecule has 1 aromatic heterocycles. The molecule has 2 aromatic rings. The second kappa shape index (κ2) is 6.26. The molecular weight excluding hydrogens is 268 g/mol. The molecule has 0 fully saturated rings. The third-order valence-corrected chi connectivity index (χ3v) is 2.56. The van der Waals surface area contributed by atoms with E-state index in [4.69, 9.17) is 16.3 Å². The van der Waals surface area contributed by atoms with Crippen molar-refractivity contribution in [3.05, 3.63) is 54.4 Å². The van der Waals surface area contributed by atoms with Crippen LogP contribution in [0.1, 0.15) is 11.3 Å². The second-order valence-corrected chi connectivity index (χ2v) is 3.97. The highest BCUT2D eigenvalue weighted by Crippen LogP contribution is 2.26. The predicted molar refractivity (Wildman–Crippen MR) is 74.6 cm³/mol. The monoisotopic (exact) mass is 276 g/mol. The van der Waals surface area contributed by atoms with Crippen LogP contribution in [0.5, 0.6) is 5.75 Å². The lowest BCUT2D eigenvalue weighted by atomic mass is 10.3. The topological polar surface area (TPSA) is 34.5 Å². The fourth-order valence-corrected chi connectivity index (χ4v) is 1.71. The van der Waals surface area contributed by atoms with Crippen molar-refractivity contribution in [2.45, 2.75) is 5.56 Å². The number of rotatable bonds is 4. The van der Waals surface area contributed by atoms with Gasteiger partial charge in [0.05, 0.1) is 16.5 Å². The lowest BCUT2D eigenvalue weighted by Gasteiger charge is -2.12. The lowest BCUT2D eigenvalue weighted by molar-refractivity contribution is 0.283. The minimum absolute atomic E-state index is 0.604. The smallest absolute Gasteiger partial charge is 0.214 e. The van der Waals surface area contributed by atoms with Crippen molar-refractivity contribution in [3.8, 4) is 5.75 Å². The number of halogens is 1. The number of thiocarbonyl (C=S) groups is 1. The number of nitrogens with zero attached hydrogens (tertiary/aromatic N) is 2. The number of isothiocyanates is 1. The molecule has 0 bridgehead atoms. The Morgan fingerprint density at radius 1 is 1.28 bits per heavy atom. The Bertz CT molecular complexity index is 570. The number of benzene rings is 1. The molecule has 1 aromatic carbocycles. The van der Waals surface area contributed by atoms with E-state index in [1.165, 1.54) is 0 Å². The number of ether oxygens (including phenoxy) is 1. The van der Waals surface area contributed by atoms with Crippen LogP contribution in [0.3, 0.4) is 0 Å². The van der Waals surface area contributed by atoms with Crippen LogP contribution in [-0.2, 0) is 0 Å². The van der Waals surface area contributed by atoms with Gasteiger partial charge in [-0.1, -0.05) is 23.7 Å². The van der Waals surface area contributed by atoms with Crippen LogP contribution in [0.15, 0.2) is 53.7 Å². The molecule has 1 heterocycles. The summed E-state index contributed by atoms with van der Waals surface area (Å²) in [5.74, 6) is 0.604. The molecule has 3 nitrogen and oxygen atoms in total. The van der Waals surface area contributed by atoms with Crippen molar-refractivity contribution in [1.82, 2.24) is 4.98 Å². The van der Waals surface area contributed by atoms with Crippen LogP contribution in [0.25, 0.3) is 0 Å². The highest BCUT2D eigenvalue weighted by molar-refractivity contribution is 7.78. The fourth-order valence-electron chi connectivity index (χ4n) is 1.37. The standard InChI is InChI=1S/C13H9ClN2OS/c14-13(12-6-1-2-7-15-12)17-11-5-3-4-10(8-11)16-9-18/h1-8,13H. The van der Waals surface area contributed by atoms with Crippen LogP contribution in [0.4, 0.5) is 5.69 Å². The van der Waals surface area contributed by atoms with E-state index in [0.29, 0.717) is 17.1 Å². The van der Waals surface area contributed by atoms with Crippen LogP contribution in [0, 0.1) is 0 Å². The first-order chi connectivity index (χ1) is 8.79. The van der Waals surface area contributed by atoms with Crippen molar-refractivity contribution in [1.29, 1.82) is 0 Å². The van der Waals surface area contributed by atoms with Crippen molar-refractivity contribution in [3.63, 3.8) is 0 Å². The van der Waals surface area contributed by atoms with Crippen molar-refractivity contribution in [2.24, 2.45) is 4.99 Å². The fraction of sp³-hybridized carbons (Fsp3) is 0.0769. The van der Waals surface area contributed by atoms with Gasteiger partial charge in [0.2, 0.25) is 5.56 Å². The molecule has 90 valence electrons. The van der Waals surface area contributed by atoms with Gasteiger partial charge in [0.15, 0.2) is 0 Å². The Morgan fingerprint density at radius 2 is 2.17 bits per heavy atom. The third-order valence-electron chi connectivity index (χ3n) is 2.15. The Hall–Kier alpha value is -1.74. The molecule has 0 aliphatic heterocycles. The molecule has 0 spiro atoms. The zero-order valence-electron chi connectivity index (χ0n) is 9.29. The highest BCUT2D eigenvalue weighted by Gasteiger charge is 2.10. The van der Waals surface area contributed by atoms with E-state index in [0.717, 1.165) is 0 Å². The molecular formula is C13H9ClN2OS. The van der Waals surface area contributed by atoms with Crippen LogP contribution in [-0.4, -0.2) is 10.1 Å². The van der Waals surface area contributed by atoms with Gasteiger partial charge in [0, 0.05) is 12.3 Å². The third kappa shape index (κ3) is 3.37. The lowest BCUT2D eigenvalue weighted by Crippen LogP contribution is -2.02. The zero-order valence-corrected chi connectivity index (χ0v) is 10.9. The van der Waals surface area contributed by atoms with E-state index in [1.54, 1.807) is 30.5 Å². The summed E-state index contributed by atoms with van der Waals surface area (Å²) in [5, 5.41) is 2.30. The summed E-state index contributed by atoms with van der Waals surface area (Å²) in [7, 11) is 0. The van der Waals surface area contributed by atoms with Gasteiger partial charge in [-0.05, 0) is 36.5 Å². The summed E-state index contributed by atoms with van der Waals surface area (Å²) in [6, 6.07) is 12.6. The first-order valence-electron chi connectivity index (χ1n) is 5.19. The maximum absolute atomic E-state index is 6.12. The molecule has 0 saturated carbocycles. The molecule has 2 rings (SSSR count). The maximum Gasteiger partial charge on any atom is 0.214 e. The zero-order chi connectivity index (χ0) is 12.8. The van der Waals surface area contributed by atoms with Gasteiger partial charge in [0.25, 0.3) is 0 Å². The quantitative estimate of drug-likeness (QED) is 0.478. The largest absolute Gasteiger partial charge is 0.469 e. The van der Waals surface area contributed by atoms with E-state index >= 15 is 0 Å². The number of pyridine rings is 1. The van der Waals surface area contributed by atoms with Gasteiger partial charge in [-0.3, -0.25) is 4.98 Å².